The average molecular weight is 479 g/mol. The Morgan fingerprint density at radius 2 is 1.91 bits per heavy atom. The van der Waals surface area contributed by atoms with Gasteiger partial charge in [0, 0.05) is 36.9 Å². The molecule has 1 aromatic rings. The first kappa shape index (κ1) is 26.0. The average Bonchev–Trinajstić information content (AvgIpc) is 3.21. The maximum Gasteiger partial charge on any atom is 0.410 e. The van der Waals surface area contributed by atoms with E-state index in [0.29, 0.717) is 25.3 Å². The topological polar surface area (TPSA) is 81.1 Å². The lowest BCUT2D eigenvalue weighted by Gasteiger charge is -2.37. The Labute approximate surface area is 199 Å². The summed E-state index contributed by atoms with van der Waals surface area (Å²) in [7, 11) is -0.297. The van der Waals surface area contributed by atoms with E-state index in [0.717, 1.165) is 24.0 Å². The number of pyridine rings is 1. The lowest BCUT2D eigenvalue weighted by Crippen LogP contribution is -2.45. The van der Waals surface area contributed by atoms with Crippen LogP contribution in [-0.4, -0.2) is 60.8 Å². The molecule has 0 saturated carbocycles. The second-order valence-electron chi connectivity index (χ2n) is 12.0. The van der Waals surface area contributed by atoms with Gasteiger partial charge >= 0.3 is 6.09 Å². The number of rotatable bonds is 6. The molecular weight excluding hydrogens is 436 g/mol. The highest BCUT2D eigenvalue weighted by Gasteiger charge is 2.59. The van der Waals surface area contributed by atoms with Crippen LogP contribution in [0.4, 0.5) is 4.79 Å². The first-order valence-electron chi connectivity index (χ1n) is 12.0. The zero-order valence-electron chi connectivity index (χ0n) is 21.8. The monoisotopic (exact) mass is 478 g/mol. The molecule has 7 nitrogen and oxygen atoms in total. The molecule has 2 saturated heterocycles. The van der Waals surface area contributed by atoms with E-state index in [4.69, 9.17) is 13.9 Å². The van der Waals surface area contributed by atoms with Crippen molar-refractivity contribution in [3.63, 3.8) is 0 Å². The summed E-state index contributed by atoms with van der Waals surface area (Å²) in [5.74, 6) is 0.511. The minimum absolute atomic E-state index is 0.0340. The van der Waals surface area contributed by atoms with Crippen molar-refractivity contribution in [3.8, 4) is 5.88 Å². The molecule has 0 aromatic carbocycles. The molecule has 1 N–H and O–H groups in total. The fourth-order valence-corrected chi connectivity index (χ4v) is 5.79. The van der Waals surface area contributed by atoms with Crippen LogP contribution in [0.15, 0.2) is 12.3 Å². The van der Waals surface area contributed by atoms with Crippen LogP contribution in [0.1, 0.15) is 71.9 Å². The smallest absolute Gasteiger partial charge is 0.410 e. The molecule has 8 heteroatoms. The SMILES string of the molecule is COc1cc(CCO[Si](C)(C)C(C)(C)C)c([C@@]2(O)C[C@@H]3CC[C@H]2N3C(=O)OC(C)(C)C)cn1. The number of fused-ring (bicyclic) bond motifs is 2. The Balaban J connectivity index is 1.86. The number of carbonyl (C=O) groups excluding carboxylic acids is 1. The summed E-state index contributed by atoms with van der Waals surface area (Å²) in [6.45, 7) is 17.3. The Kier molecular flexibility index (Phi) is 6.97. The van der Waals surface area contributed by atoms with Gasteiger partial charge in [-0.15, -0.1) is 0 Å². The minimum atomic E-state index is -1.89. The third-order valence-corrected chi connectivity index (χ3v) is 12.0. The van der Waals surface area contributed by atoms with Crippen molar-refractivity contribution in [2.75, 3.05) is 13.7 Å². The zero-order valence-corrected chi connectivity index (χ0v) is 22.8. The first-order valence-corrected chi connectivity index (χ1v) is 14.9. The molecule has 3 rings (SSSR count). The highest BCUT2D eigenvalue weighted by Crippen LogP contribution is 2.51. The number of nitrogens with zero attached hydrogens (tertiary/aromatic N) is 2. The van der Waals surface area contributed by atoms with Crippen molar-refractivity contribution < 1.29 is 23.8 Å². The first-order chi connectivity index (χ1) is 15.1. The van der Waals surface area contributed by atoms with Gasteiger partial charge in [0.2, 0.25) is 5.88 Å². The number of methoxy groups -OCH3 is 1. The van der Waals surface area contributed by atoms with Crippen LogP contribution < -0.4 is 4.74 Å². The van der Waals surface area contributed by atoms with Crippen molar-refractivity contribution in [1.82, 2.24) is 9.88 Å². The molecule has 0 aliphatic carbocycles. The quantitative estimate of drug-likeness (QED) is 0.579. The lowest BCUT2D eigenvalue weighted by atomic mass is 9.78. The van der Waals surface area contributed by atoms with Gasteiger partial charge in [0.05, 0.1) is 13.2 Å². The van der Waals surface area contributed by atoms with Gasteiger partial charge in [0.25, 0.3) is 0 Å². The van der Waals surface area contributed by atoms with Crippen molar-refractivity contribution in [1.29, 1.82) is 0 Å². The van der Waals surface area contributed by atoms with Gasteiger partial charge in [-0.2, -0.15) is 0 Å². The number of aliphatic hydroxyl groups is 1. The van der Waals surface area contributed by atoms with Crippen LogP contribution in [-0.2, 0) is 21.2 Å². The highest BCUT2D eigenvalue weighted by molar-refractivity contribution is 6.74. The molecular formula is C25H42N2O5Si. The molecule has 2 fully saturated rings. The van der Waals surface area contributed by atoms with E-state index in [1.165, 1.54) is 0 Å². The number of hydrogen-bond acceptors (Lipinski definition) is 6. The summed E-state index contributed by atoms with van der Waals surface area (Å²) in [5.41, 5.74) is -0.0149. The van der Waals surface area contributed by atoms with Crippen LogP contribution in [0.25, 0.3) is 0 Å². The molecule has 3 heterocycles. The highest BCUT2D eigenvalue weighted by atomic mass is 28.4. The van der Waals surface area contributed by atoms with Crippen molar-refractivity contribution in [2.24, 2.45) is 0 Å². The van der Waals surface area contributed by atoms with Gasteiger partial charge in [-0.05, 0) is 63.7 Å². The van der Waals surface area contributed by atoms with Gasteiger partial charge < -0.3 is 19.0 Å². The van der Waals surface area contributed by atoms with E-state index >= 15 is 0 Å². The number of hydrogen-bond donors (Lipinski definition) is 1. The van der Waals surface area contributed by atoms with Crippen molar-refractivity contribution in [2.45, 2.75) is 109 Å². The summed E-state index contributed by atoms with van der Waals surface area (Å²) < 4.78 is 17.4. The largest absolute Gasteiger partial charge is 0.481 e. The van der Waals surface area contributed by atoms with E-state index in [1.807, 2.05) is 26.8 Å². The summed E-state index contributed by atoms with van der Waals surface area (Å²) in [6.07, 6.45) is 4.11. The lowest BCUT2D eigenvalue weighted by molar-refractivity contribution is -0.0164. The van der Waals surface area contributed by atoms with E-state index < -0.39 is 19.5 Å². The zero-order chi connectivity index (χ0) is 24.8. The number of amides is 1. The predicted molar refractivity (Wildman–Crippen MR) is 131 cm³/mol. The molecule has 0 unspecified atom stereocenters. The molecule has 1 amide bonds. The molecule has 1 aromatic heterocycles. The van der Waals surface area contributed by atoms with Crippen molar-refractivity contribution >= 4 is 14.4 Å². The maximum absolute atomic E-state index is 12.9. The maximum atomic E-state index is 12.9. The summed E-state index contributed by atoms with van der Waals surface area (Å²) >= 11 is 0. The van der Waals surface area contributed by atoms with Gasteiger partial charge in [-0.1, -0.05) is 20.8 Å². The Hall–Kier alpha value is -1.64. The van der Waals surface area contributed by atoms with Crippen LogP contribution >= 0.6 is 0 Å². The Bertz CT molecular complexity index is 877. The number of carbonyl (C=O) groups is 1. The number of aromatic nitrogens is 1. The number of ether oxygens (including phenoxy) is 2. The van der Waals surface area contributed by atoms with Gasteiger partial charge in [0.1, 0.15) is 11.2 Å². The fraction of sp³-hybridized carbons (Fsp3) is 0.760. The second kappa shape index (κ2) is 8.85. The molecule has 2 aliphatic rings. The van der Waals surface area contributed by atoms with Crippen LogP contribution in [0.2, 0.25) is 18.1 Å². The van der Waals surface area contributed by atoms with E-state index in [-0.39, 0.29) is 23.2 Å². The summed E-state index contributed by atoms with van der Waals surface area (Å²) in [4.78, 5) is 19.1. The summed E-state index contributed by atoms with van der Waals surface area (Å²) in [5, 5.41) is 12.1. The molecule has 2 aliphatic heterocycles. The molecule has 0 spiro atoms. The molecule has 3 atom stereocenters. The standard InChI is InChI=1S/C25H42N2O5Si/c1-23(2,3)32-22(28)27-18-10-11-20(27)25(29,15-18)19-16-26-21(30-7)14-17(19)12-13-31-33(8,9)24(4,5)6/h14,16,18,20,29H,10-13,15H2,1-9H3/t18-,20+,25-/m0/s1. The molecule has 186 valence electrons. The second-order valence-corrected chi connectivity index (χ2v) is 16.8. The van der Waals surface area contributed by atoms with Crippen LogP contribution in [0, 0.1) is 0 Å². The molecule has 0 radical (unpaired) electrons. The van der Waals surface area contributed by atoms with E-state index in [9.17, 15) is 9.90 Å². The Morgan fingerprint density at radius 3 is 2.48 bits per heavy atom. The normalized spacial score (nSPS) is 25.5. The molecule has 2 bridgehead atoms. The van der Waals surface area contributed by atoms with E-state index in [2.05, 4.69) is 38.8 Å². The Morgan fingerprint density at radius 1 is 1.24 bits per heavy atom. The van der Waals surface area contributed by atoms with Crippen LogP contribution in [0.5, 0.6) is 5.88 Å². The van der Waals surface area contributed by atoms with E-state index in [1.54, 1.807) is 18.2 Å². The summed E-state index contributed by atoms with van der Waals surface area (Å²) in [6, 6.07) is 1.53. The minimum Gasteiger partial charge on any atom is -0.481 e. The third-order valence-electron chi connectivity index (χ3n) is 7.49. The van der Waals surface area contributed by atoms with Gasteiger partial charge in [0.15, 0.2) is 8.32 Å². The van der Waals surface area contributed by atoms with Gasteiger partial charge in [-0.3, -0.25) is 4.90 Å². The van der Waals surface area contributed by atoms with Crippen LogP contribution in [0.3, 0.4) is 0 Å². The van der Waals surface area contributed by atoms with Gasteiger partial charge in [-0.25, -0.2) is 9.78 Å². The molecule has 33 heavy (non-hydrogen) atoms. The van der Waals surface area contributed by atoms with Crippen molar-refractivity contribution in [3.05, 3.63) is 23.4 Å². The fourth-order valence-electron chi connectivity index (χ4n) is 4.74. The third kappa shape index (κ3) is 5.22. The predicted octanol–water partition coefficient (Wildman–Crippen LogP) is 5.01.